The molecule has 1 aromatic rings. The van der Waals surface area contributed by atoms with Gasteiger partial charge in [0.15, 0.2) is 6.61 Å². The normalized spacial score (nSPS) is 21.6. The van der Waals surface area contributed by atoms with Crippen molar-refractivity contribution in [2.75, 3.05) is 18.5 Å². The third-order valence-corrected chi connectivity index (χ3v) is 3.95. The molecule has 5 nitrogen and oxygen atoms in total. The predicted molar refractivity (Wildman–Crippen MR) is 68.2 cm³/mol. The molecule has 0 bridgehead atoms. The quantitative estimate of drug-likeness (QED) is 0.735. The summed E-state index contributed by atoms with van der Waals surface area (Å²) < 4.78 is 5.32. The first kappa shape index (κ1) is 11.5. The number of nitrogens with one attached hydrogen (secondary N) is 1. The number of hydrogen-bond donors (Lipinski definition) is 3. The molecule has 5 heteroatoms. The fourth-order valence-corrected chi connectivity index (χ4v) is 2.45. The Kier molecular flexibility index (Phi) is 2.53. The molecule has 96 valence electrons. The van der Waals surface area contributed by atoms with E-state index < -0.39 is 0 Å². The second kappa shape index (κ2) is 3.96. The van der Waals surface area contributed by atoms with E-state index in [0.29, 0.717) is 18.0 Å². The molecular weight excluding hydrogens is 230 g/mol. The molecular formula is C13H17N3O2. The molecule has 1 aliphatic heterocycles. The van der Waals surface area contributed by atoms with Crippen LogP contribution in [-0.2, 0) is 4.79 Å². The van der Waals surface area contributed by atoms with E-state index in [1.54, 1.807) is 0 Å². The van der Waals surface area contributed by atoms with Gasteiger partial charge < -0.3 is 21.5 Å². The number of anilines is 1. The van der Waals surface area contributed by atoms with Crippen LogP contribution in [0.4, 0.5) is 5.69 Å². The van der Waals surface area contributed by atoms with Crippen molar-refractivity contribution in [3.8, 4) is 5.75 Å². The first-order valence-corrected chi connectivity index (χ1v) is 6.17. The van der Waals surface area contributed by atoms with Crippen molar-refractivity contribution in [3.05, 3.63) is 23.8 Å². The number of fused-ring (bicyclic) bond motifs is 1. The van der Waals surface area contributed by atoms with E-state index in [1.807, 2.05) is 18.2 Å². The van der Waals surface area contributed by atoms with Crippen molar-refractivity contribution in [1.29, 1.82) is 0 Å². The number of carbonyl (C=O) groups excluding carboxylic acids is 1. The highest BCUT2D eigenvalue weighted by atomic mass is 16.5. The van der Waals surface area contributed by atoms with Crippen molar-refractivity contribution in [2.24, 2.45) is 16.9 Å². The molecule has 1 heterocycles. The van der Waals surface area contributed by atoms with Gasteiger partial charge in [-0.15, -0.1) is 0 Å². The Morgan fingerprint density at radius 2 is 2.22 bits per heavy atom. The molecule has 1 aromatic carbocycles. The van der Waals surface area contributed by atoms with Crippen LogP contribution in [-0.4, -0.2) is 19.1 Å². The number of benzene rings is 1. The Morgan fingerprint density at radius 1 is 1.44 bits per heavy atom. The van der Waals surface area contributed by atoms with Crippen LogP contribution in [0.3, 0.4) is 0 Å². The lowest BCUT2D eigenvalue weighted by Crippen LogP contribution is -2.30. The molecule has 1 fully saturated rings. The van der Waals surface area contributed by atoms with Gasteiger partial charge in [-0.3, -0.25) is 4.79 Å². The van der Waals surface area contributed by atoms with E-state index in [0.717, 1.165) is 18.4 Å². The first-order valence-electron chi connectivity index (χ1n) is 6.17. The molecule has 1 saturated carbocycles. The van der Waals surface area contributed by atoms with E-state index in [9.17, 15) is 4.79 Å². The third kappa shape index (κ3) is 1.76. The maximum Gasteiger partial charge on any atom is 0.262 e. The largest absolute Gasteiger partial charge is 0.482 e. The van der Waals surface area contributed by atoms with Crippen LogP contribution in [0.2, 0.25) is 0 Å². The van der Waals surface area contributed by atoms with E-state index in [1.165, 1.54) is 0 Å². The number of rotatable bonds is 3. The van der Waals surface area contributed by atoms with Gasteiger partial charge in [-0.05, 0) is 37.1 Å². The molecule has 0 radical (unpaired) electrons. The second-order valence-electron chi connectivity index (χ2n) is 5.14. The van der Waals surface area contributed by atoms with Gasteiger partial charge in [0.25, 0.3) is 5.91 Å². The SMILES string of the molecule is NCC1(C(N)c2ccc3c(c2)NC(=O)CO3)CC1. The highest BCUT2D eigenvalue weighted by Crippen LogP contribution is 2.53. The van der Waals surface area contributed by atoms with Crippen molar-refractivity contribution < 1.29 is 9.53 Å². The average Bonchev–Trinajstić information content (AvgIpc) is 3.18. The zero-order valence-corrected chi connectivity index (χ0v) is 10.1. The van der Waals surface area contributed by atoms with Gasteiger partial charge in [0, 0.05) is 11.5 Å². The zero-order valence-electron chi connectivity index (χ0n) is 10.1. The first-order chi connectivity index (χ1) is 8.64. The lowest BCUT2D eigenvalue weighted by atomic mass is 9.90. The molecule has 1 unspecified atom stereocenters. The highest BCUT2D eigenvalue weighted by molar-refractivity contribution is 5.95. The van der Waals surface area contributed by atoms with Gasteiger partial charge in [-0.1, -0.05) is 6.07 Å². The topological polar surface area (TPSA) is 90.4 Å². The van der Waals surface area contributed by atoms with E-state index in [-0.39, 0.29) is 24.0 Å². The van der Waals surface area contributed by atoms with Crippen LogP contribution in [0, 0.1) is 5.41 Å². The molecule has 1 atom stereocenters. The van der Waals surface area contributed by atoms with E-state index in [4.69, 9.17) is 16.2 Å². The Labute approximate surface area is 105 Å². The number of amides is 1. The molecule has 18 heavy (non-hydrogen) atoms. The second-order valence-corrected chi connectivity index (χ2v) is 5.14. The summed E-state index contributed by atoms with van der Waals surface area (Å²) in [7, 11) is 0. The van der Waals surface area contributed by atoms with E-state index in [2.05, 4.69) is 5.32 Å². The Hall–Kier alpha value is -1.59. The van der Waals surface area contributed by atoms with Crippen LogP contribution in [0.1, 0.15) is 24.4 Å². The maximum absolute atomic E-state index is 11.3. The maximum atomic E-state index is 11.3. The van der Waals surface area contributed by atoms with Crippen LogP contribution in [0.5, 0.6) is 5.75 Å². The minimum atomic E-state index is -0.131. The van der Waals surface area contributed by atoms with Gasteiger partial charge in [0.1, 0.15) is 5.75 Å². The summed E-state index contributed by atoms with van der Waals surface area (Å²) in [5, 5.41) is 2.79. The van der Waals surface area contributed by atoms with E-state index >= 15 is 0 Å². The summed E-state index contributed by atoms with van der Waals surface area (Å²) in [6.45, 7) is 0.680. The van der Waals surface area contributed by atoms with Gasteiger partial charge in [0.2, 0.25) is 0 Å². The molecule has 1 aliphatic carbocycles. The Balaban J connectivity index is 1.90. The van der Waals surface area contributed by atoms with Crippen LogP contribution in [0.15, 0.2) is 18.2 Å². The lowest BCUT2D eigenvalue weighted by molar-refractivity contribution is -0.118. The third-order valence-electron chi connectivity index (χ3n) is 3.95. The van der Waals surface area contributed by atoms with Crippen molar-refractivity contribution in [3.63, 3.8) is 0 Å². The zero-order chi connectivity index (χ0) is 12.8. The number of nitrogens with two attached hydrogens (primary N) is 2. The van der Waals surface area contributed by atoms with Gasteiger partial charge in [0.05, 0.1) is 5.69 Å². The summed E-state index contributed by atoms with van der Waals surface area (Å²) in [6.07, 6.45) is 2.15. The lowest BCUT2D eigenvalue weighted by Gasteiger charge is -2.24. The summed E-state index contributed by atoms with van der Waals surface area (Å²) in [5.74, 6) is 0.566. The van der Waals surface area contributed by atoms with Crippen molar-refractivity contribution >= 4 is 11.6 Å². The van der Waals surface area contributed by atoms with Gasteiger partial charge >= 0.3 is 0 Å². The summed E-state index contributed by atoms with van der Waals surface area (Å²) >= 11 is 0. The van der Waals surface area contributed by atoms with Crippen LogP contribution >= 0.6 is 0 Å². The fraction of sp³-hybridized carbons (Fsp3) is 0.462. The number of ether oxygens (including phenoxy) is 1. The summed E-state index contributed by atoms with van der Waals surface area (Å²) in [4.78, 5) is 11.3. The van der Waals surface area contributed by atoms with Gasteiger partial charge in [-0.2, -0.15) is 0 Å². The van der Waals surface area contributed by atoms with Crippen molar-refractivity contribution in [1.82, 2.24) is 0 Å². The fourth-order valence-electron chi connectivity index (χ4n) is 2.45. The molecule has 2 aliphatic rings. The Bertz CT molecular complexity index is 497. The number of carbonyl (C=O) groups is 1. The average molecular weight is 247 g/mol. The molecule has 0 spiro atoms. The number of hydrogen-bond acceptors (Lipinski definition) is 4. The predicted octanol–water partition coefficient (Wildman–Crippen LogP) is 0.756. The standard InChI is InChI=1S/C13H17N3O2/c14-7-13(3-4-13)12(15)8-1-2-10-9(5-8)16-11(17)6-18-10/h1-2,5,12H,3-4,6-7,14-15H2,(H,16,17). The van der Waals surface area contributed by atoms with Crippen LogP contribution < -0.4 is 21.5 Å². The smallest absolute Gasteiger partial charge is 0.262 e. The summed E-state index contributed by atoms with van der Waals surface area (Å²) in [5.41, 5.74) is 13.8. The van der Waals surface area contributed by atoms with Crippen molar-refractivity contribution in [2.45, 2.75) is 18.9 Å². The molecule has 5 N–H and O–H groups in total. The monoisotopic (exact) mass is 247 g/mol. The minimum absolute atomic E-state index is 0.0494. The molecule has 0 aromatic heterocycles. The highest BCUT2D eigenvalue weighted by Gasteiger charge is 2.47. The molecule has 0 saturated heterocycles. The minimum Gasteiger partial charge on any atom is -0.482 e. The Morgan fingerprint density at radius 3 is 2.89 bits per heavy atom. The van der Waals surface area contributed by atoms with Crippen LogP contribution in [0.25, 0.3) is 0 Å². The summed E-state index contributed by atoms with van der Waals surface area (Å²) in [6, 6.07) is 5.63. The molecule has 3 rings (SSSR count). The molecule has 1 amide bonds. The van der Waals surface area contributed by atoms with Gasteiger partial charge in [-0.25, -0.2) is 0 Å².